The number of fused-ring (bicyclic) bond motifs is 6. The number of nitrogens with zero attached hydrogens (tertiary/aromatic N) is 2. The molecule has 4 heteroatoms. The third kappa shape index (κ3) is 6.78. The molecule has 0 saturated heterocycles. The second kappa shape index (κ2) is 15.9. The van der Waals surface area contributed by atoms with Gasteiger partial charge < -0.3 is 14.8 Å². The first-order valence-electron chi connectivity index (χ1n) is 21.7. The van der Waals surface area contributed by atoms with Crippen molar-refractivity contribution in [1.82, 2.24) is 4.98 Å². The lowest BCUT2D eigenvalue weighted by Crippen LogP contribution is -2.10. The molecule has 0 atom stereocenters. The van der Waals surface area contributed by atoms with Crippen LogP contribution in [0.1, 0.15) is 0 Å². The number of nitrogens with one attached hydrogen (secondary N) is 1. The third-order valence-corrected chi connectivity index (χ3v) is 13.5. The summed E-state index contributed by atoms with van der Waals surface area (Å²) in [6, 6.07) is 87.7. The molecular weight excluding hydrogens is 795 g/mol. The van der Waals surface area contributed by atoms with Crippen LogP contribution in [-0.2, 0) is 0 Å². The highest BCUT2D eigenvalue weighted by atomic mass is 32.1. The molecule has 2 aromatic heterocycles. The maximum absolute atomic E-state index is 3.85. The van der Waals surface area contributed by atoms with E-state index in [4.69, 9.17) is 0 Å². The van der Waals surface area contributed by atoms with Crippen LogP contribution in [0, 0.1) is 0 Å². The Morgan fingerprint density at radius 1 is 0.281 bits per heavy atom. The van der Waals surface area contributed by atoms with Crippen LogP contribution in [0.15, 0.2) is 243 Å². The number of para-hydroxylation sites is 3. The highest BCUT2D eigenvalue weighted by Gasteiger charge is 2.20. The maximum Gasteiger partial charge on any atom is 0.0546 e. The molecule has 0 saturated carbocycles. The minimum atomic E-state index is 1.09. The molecule has 0 bridgehead atoms. The highest BCUT2D eigenvalue weighted by molar-refractivity contribution is 7.25. The molecule has 3 nitrogen and oxygen atoms in total. The second-order valence-corrected chi connectivity index (χ2v) is 17.3. The van der Waals surface area contributed by atoms with Gasteiger partial charge in [0.2, 0.25) is 0 Å². The Balaban J connectivity index is 1.01. The first-order chi connectivity index (χ1) is 31.7. The summed E-state index contributed by atoms with van der Waals surface area (Å²) >= 11 is 1.86. The van der Waals surface area contributed by atoms with Crippen molar-refractivity contribution in [3.05, 3.63) is 243 Å². The Bertz CT molecular complexity index is 3460. The van der Waals surface area contributed by atoms with E-state index in [-0.39, 0.29) is 0 Å². The molecule has 0 aliphatic heterocycles. The molecule has 12 aromatic rings. The quantitative estimate of drug-likeness (QED) is 0.156. The van der Waals surface area contributed by atoms with E-state index < -0.39 is 0 Å². The number of rotatable bonds is 9. The van der Waals surface area contributed by atoms with Gasteiger partial charge >= 0.3 is 0 Å². The fourth-order valence-corrected chi connectivity index (χ4v) is 10.5. The molecule has 0 spiro atoms. The molecule has 1 N–H and O–H groups in total. The van der Waals surface area contributed by atoms with Crippen molar-refractivity contribution >= 4 is 87.4 Å². The topological polar surface area (TPSA) is 22.3 Å². The van der Waals surface area contributed by atoms with E-state index in [1.54, 1.807) is 0 Å². The summed E-state index contributed by atoms with van der Waals surface area (Å²) in [5.41, 5.74) is 16.0. The summed E-state index contributed by atoms with van der Waals surface area (Å²) in [4.78, 5) is 8.59. The Labute approximate surface area is 376 Å². The van der Waals surface area contributed by atoms with Crippen LogP contribution >= 0.6 is 11.3 Å². The van der Waals surface area contributed by atoms with Crippen LogP contribution in [-0.4, -0.2) is 4.98 Å². The molecule has 0 radical (unpaired) electrons. The number of hydrogen-bond acceptors (Lipinski definition) is 3. The molecule has 0 amide bonds. The van der Waals surface area contributed by atoms with Crippen LogP contribution in [0.2, 0.25) is 0 Å². The van der Waals surface area contributed by atoms with E-state index in [1.165, 1.54) is 58.8 Å². The first kappa shape index (κ1) is 37.6. The van der Waals surface area contributed by atoms with Gasteiger partial charge in [-0.1, -0.05) is 158 Å². The summed E-state index contributed by atoms with van der Waals surface area (Å²) in [6.07, 6.45) is 0. The molecule has 0 fully saturated rings. The Hall–Kier alpha value is -8.18. The fraction of sp³-hybridized carbons (Fsp3) is 0. The number of anilines is 6. The summed E-state index contributed by atoms with van der Waals surface area (Å²) in [5, 5.41) is 4.93. The van der Waals surface area contributed by atoms with Gasteiger partial charge in [-0.2, -0.15) is 0 Å². The summed E-state index contributed by atoms with van der Waals surface area (Å²) in [7, 11) is 0. The summed E-state index contributed by atoms with van der Waals surface area (Å²) in [5.74, 6) is 0. The zero-order valence-corrected chi connectivity index (χ0v) is 35.7. The average Bonchev–Trinajstić information content (AvgIpc) is 3.93. The Kier molecular flexibility index (Phi) is 9.36. The van der Waals surface area contributed by atoms with Crippen molar-refractivity contribution in [1.29, 1.82) is 0 Å². The molecule has 0 unspecified atom stereocenters. The molecule has 0 aliphatic rings. The fourth-order valence-electron chi connectivity index (χ4n) is 9.28. The van der Waals surface area contributed by atoms with Gasteiger partial charge in [-0.25, -0.2) is 0 Å². The molecular formula is C60H41N3S. The van der Waals surface area contributed by atoms with E-state index >= 15 is 0 Å². The van der Waals surface area contributed by atoms with Crippen molar-refractivity contribution < 1.29 is 0 Å². The van der Waals surface area contributed by atoms with Gasteiger partial charge in [-0.05, 0) is 113 Å². The first-order valence-corrected chi connectivity index (χ1v) is 22.6. The van der Waals surface area contributed by atoms with Gasteiger partial charge in [0, 0.05) is 76.1 Å². The Morgan fingerprint density at radius 3 is 1.31 bits per heavy atom. The highest BCUT2D eigenvalue weighted by Crippen LogP contribution is 2.46. The largest absolute Gasteiger partial charge is 0.354 e. The van der Waals surface area contributed by atoms with Crippen molar-refractivity contribution in [3.63, 3.8) is 0 Å². The minimum Gasteiger partial charge on any atom is -0.354 e. The smallest absolute Gasteiger partial charge is 0.0546 e. The van der Waals surface area contributed by atoms with Crippen LogP contribution in [0.5, 0.6) is 0 Å². The van der Waals surface area contributed by atoms with Gasteiger partial charge in [0.05, 0.1) is 5.52 Å². The summed E-state index contributed by atoms with van der Waals surface area (Å²) in [6.45, 7) is 0. The number of thiophene rings is 1. The number of H-pyrrole nitrogens is 1. The third-order valence-electron chi connectivity index (χ3n) is 12.4. The van der Waals surface area contributed by atoms with Gasteiger partial charge in [0.15, 0.2) is 0 Å². The maximum atomic E-state index is 3.85. The number of aromatic nitrogens is 1. The lowest BCUT2D eigenvalue weighted by Gasteiger charge is -2.27. The van der Waals surface area contributed by atoms with E-state index in [9.17, 15) is 0 Å². The van der Waals surface area contributed by atoms with Gasteiger partial charge in [0.25, 0.3) is 0 Å². The van der Waals surface area contributed by atoms with Crippen molar-refractivity contribution in [2.24, 2.45) is 0 Å². The molecule has 0 aliphatic carbocycles. The van der Waals surface area contributed by atoms with Gasteiger partial charge in [-0.15, -0.1) is 11.3 Å². The monoisotopic (exact) mass is 835 g/mol. The zero-order valence-electron chi connectivity index (χ0n) is 34.9. The second-order valence-electron chi connectivity index (χ2n) is 16.2. The lowest BCUT2D eigenvalue weighted by atomic mass is 9.98. The summed E-state index contributed by atoms with van der Waals surface area (Å²) < 4.78 is 2.52. The normalized spacial score (nSPS) is 11.4. The van der Waals surface area contributed by atoms with E-state index in [0.29, 0.717) is 0 Å². The van der Waals surface area contributed by atoms with Crippen molar-refractivity contribution in [2.45, 2.75) is 0 Å². The van der Waals surface area contributed by atoms with Crippen LogP contribution in [0.3, 0.4) is 0 Å². The molecule has 10 aromatic carbocycles. The van der Waals surface area contributed by atoms with Crippen LogP contribution < -0.4 is 9.80 Å². The zero-order chi connectivity index (χ0) is 42.4. The molecule has 2 heterocycles. The predicted octanol–water partition coefficient (Wildman–Crippen LogP) is 17.6. The van der Waals surface area contributed by atoms with E-state index in [2.05, 4.69) is 257 Å². The molecule has 64 heavy (non-hydrogen) atoms. The molecule has 302 valence electrons. The standard InChI is InChI=1S/C60H41N3S/c1-5-15-41(16-6-1)43-25-30-48(31-26-43)63(49-32-27-44(28-33-49)42-17-7-2-8-18-42)51-38-55(60-56(39-51)52-23-13-14-24-57(52)61-60)45-29-35-53-54-36-34-50(40-59(54)64-58(53)37-45)62(46-19-9-3-10-20-46)47-21-11-4-12-22-47/h1-40,61H. The van der Waals surface area contributed by atoms with E-state index in [0.717, 1.165) is 50.7 Å². The van der Waals surface area contributed by atoms with E-state index in [1.807, 2.05) is 11.3 Å². The van der Waals surface area contributed by atoms with Gasteiger partial charge in [0.1, 0.15) is 0 Å². The predicted molar refractivity (Wildman–Crippen MR) is 274 cm³/mol. The minimum absolute atomic E-state index is 1.09. The van der Waals surface area contributed by atoms with Crippen LogP contribution in [0.4, 0.5) is 34.1 Å². The number of hydrogen-bond donors (Lipinski definition) is 1. The van der Waals surface area contributed by atoms with Gasteiger partial charge in [-0.3, -0.25) is 0 Å². The van der Waals surface area contributed by atoms with Crippen molar-refractivity contribution in [2.75, 3.05) is 9.80 Å². The molecule has 12 rings (SSSR count). The van der Waals surface area contributed by atoms with Crippen molar-refractivity contribution in [3.8, 4) is 33.4 Å². The Morgan fingerprint density at radius 2 is 0.719 bits per heavy atom. The van der Waals surface area contributed by atoms with Crippen LogP contribution in [0.25, 0.3) is 75.4 Å². The SMILES string of the molecule is c1ccc(-c2ccc(N(c3ccc(-c4ccccc4)cc3)c3cc(-c4ccc5c(c4)sc4cc(N(c6ccccc6)c6ccccc6)ccc45)c4[nH]c5ccccc5c4c3)cc2)cc1. The number of benzene rings is 10. The number of aromatic amines is 1. The lowest BCUT2D eigenvalue weighted by molar-refractivity contribution is 1.29. The average molecular weight is 836 g/mol.